The molecule has 0 bridgehead atoms. The van der Waals surface area contributed by atoms with Gasteiger partial charge in [-0.3, -0.25) is 9.10 Å². The van der Waals surface area contributed by atoms with Gasteiger partial charge in [0.1, 0.15) is 6.04 Å². The third-order valence-electron chi connectivity index (χ3n) is 3.63. The average molecular weight is 421 g/mol. The Labute approximate surface area is 159 Å². The number of benzene rings is 2. The summed E-state index contributed by atoms with van der Waals surface area (Å²) in [6, 6.07) is 8.65. The van der Waals surface area contributed by atoms with E-state index in [1.165, 1.54) is 37.3 Å². The molecule has 1 amide bonds. The molecule has 0 aliphatic carbocycles. The van der Waals surface area contributed by atoms with E-state index in [2.05, 4.69) is 5.32 Å². The van der Waals surface area contributed by atoms with Crippen molar-refractivity contribution in [3.8, 4) is 0 Å². The highest BCUT2D eigenvalue weighted by molar-refractivity contribution is 7.92. The van der Waals surface area contributed by atoms with Crippen molar-refractivity contribution in [3.63, 3.8) is 0 Å². The number of alkyl halides is 3. The molecule has 27 heavy (non-hydrogen) atoms. The summed E-state index contributed by atoms with van der Waals surface area (Å²) >= 11 is 5.79. The summed E-state index contributed by atoms with van der Waals surface area (Å²) in [6.45, 7) is 1.33. The number of carbonyl (C=O) groups excluding carboxylic acids is 1. The lowest BCUT2D eigenvalue weighted by atomic mass is 10.2. The molecule has 1 atom stereocenters. The van der Waals surface area contributed by atoms with E-state index in [9.17, 15) is 26.4 Å². The van der Waals surface area contributed by atoms with Gasteiger partial charge < -0.3 is 5.32 Å². The Hall–Kier alpha value is -2.26. The van der Waals surface area contributed by atoms with Crippen molar-refractivity contribution in [2.45, 2.75) is 19.1 Å². The number of nitrogens with one attached hydrogen (secondary N) is 1. The van der Waals surface area contributed by atoms with Crippen LogP contribution in [0.3, 0.4) is 0 Å². The van der Waals surface area contributed by atoms with Gasteiger partial charge in [-0.05, 0) is 49.4 Å². The highest BCUT2D eigenvalue weighted by Gasteiger charge is 2.32. The molecule has 2 rings (SSSR count). The first-order valence-corrected chi connectivity index (χ1v) is 9.85. The normalized spacial score (nSPS) is 13.1. The molecule has 0 saturated heterocycles. The molecule has 0 aliphatic heterocycles. The molecule has 0 fully saturated rings. The van der Waals surface area contributed by atoms with Gasteiger partial charge in [-0.2, -0.15) is 13.2 Å². The Balaban J connectivity index is 2.29. The zero-order chi connectivity index (χ0) is 20.4. The van der Waals surface area contributed by atoms with Gasteiger partial charge in [-0.25, -0.2) is 8.42 Å². The van der Waals surface area contributed by atoms with Crippen LogP contribution in [0.25, 0.3) is 0 Å². The van der Waals surface area contributed by atoms with E-state index in [-0.39, 0.29) is 11.4 Å². The van der Waals surface area contributed by atoms with Crippen molar-refractivity contribution in [3.05, 3.63) is 59.1 Å². The maximum Gasteiger partial charge on any atom is 0.416 e. The molecule has 0 unspecified atom stereocenters. The van der Waals surface area contributed by atoms with Crippen LogP contribution in [0.5, 0.6) is 0 Å². The lowest BCUT2D eigenvalue weighted by Crippen LogP contribution is -2.45. The molecule has 10 heteroatoms. The van der Waals surface area contributed by atoms with E-state index < -0.39 is 33.7 Å². The van der Waals surface area contributed by atoms with Crippen LogP contribution < -0.4 is 9.62 Å². The molecule has 0 aliphatic rings. The van der Waals surface area contributed by atoms with E-state index >= 15 is 0 Å². The Morgan fingerprint density at radius 2 is 1.74 bits per heavy atom. The quantitative estimate of drug-likeness (QED) is 0.790. The topological polar surface area (TPSA) is 66.5 Å². The second-order valence-electron chi connectivity index (χ2n) is 5.78. The largest absolute Gasteiger partial charge is 0.416 e. The number of halogens is 4. The molecule has 1 N–H and O–H groups in total. The van der Waals surface area contributed by atoms with Gasteiger partial charge in [0.05, 0.1) is 17.5 Å². The van der Waals surface area contributed by atoms with Gasteiger partial charge in [0.15, 0.2) is 0 Å². The molecule has 0 aromatic heterocycles. The number of sulfonamides is 1. The van der Waals surface area contributed by atoms with Crippen LogP contribution in [0, 0.1) is 0 Å². The van der Waals surface area contributed by atoms with Crippen molar-refractivity contribution < 1.29 is 26.4 Å². The summed E-state index contributed by atoms with van der Waals surface area (Å²) in [5, 5.41) is 2.70. The average Bonchev–Trinajstić information content (AvgIpc) is 2.55. The second kappa shape index (κ2) is 7.77. The van der Waals surface area contributed by atoms with E-state index in [1.54, 1.807) is 0 Å². The second-order valence-corrected chi connectivity index (χ2v) is 8.07. The minimum absolute atomic E-state index is 0.0915. The van der Waals surface area contributed by atoms with Crippen LogP contribution in [-0.4, -0.2) is 26.6 Å². The van der Waals surface area contributed by atoms with Crippen molar-refractivity contribution in [2.75, 3.05) is 15.9 Å². The Morgan fingerprint density at radius 3 is 2.26 bits per heavy atom. The first-order valence-electron chi connectivity index (χ1n) is 7.62. The fraction of sp³-hybridized carbons (Fsp3) is 0.235. The Bertz CT molecular complexity index is 931. The zero-order valence-electron chi connectivity index (χ0n) is 14.3. The molecule has 0 radical (unpaired) electrons. The number of nitrogens with zero attached hydrogens (tertiary/aromatic N) is 1. The lowest BCUT2D eigenvalue weighted by molar-refractivity contribution is -0.137. The number of amides is 1. The summed E-state index contributed by atoms with van der Waals surface area (Å²) in [5.41, 5.74) is -0.814. The summed E-state index contributed by atoms with van der Waals surface area (Å²) < 4.78 is 63.6. The highest BCUT2D eigenvalue weighted by Crippen LogP contribution is 2.31. The molecule has 2 aromatic carbocycles. The van der Waals surface area contributed by atoms with Gasteiger partial charge in [-0.1, -0.05) is 17.7 Å². The minimum atomic E-state index is -4.56. The van der Waals surface area contributed by atoms with E-state index in [0.717, 1.165) is 28.8 Å². The number of anilines is 2. The SMILES string of the molecule is C[C@H](C(=O)Nc1cccc(C(F)(F)F)c1)N(c1ccc(Cl)cc1)S(C)(=O)=O. The summed E-state index contributed by atoms with van der Waals surface area (Å²) in [4.78, 5) is 12.5. The maximum absolute atomic E-state index is 12.8. The fourth-order valence-electron chi connectivity index (χ4n) is 2.42. The van der Waals surface area contributed by atoms with Crippen LogP contribution in [0.4, 0.5) is 24.5 Å². The minimum Gasteiger partial charge on any atom is -0.324 e. The first-order chi connectivity index (χ1) is 12.4. The van der Waals surface area contributed by atoms with E-state index in [0.29, 0.717) is 5.02 Å². The Kier molecular flexibility index (Phi) is 6.06. The van der Waals surface area contributed by atoms with E-state index in [4.69, 9.17) is 11.6 Å². The van der Waals surface area contributed by atoms with Gasteiger partial charge in [0.2, 0.25) is 15.9 Å². The summed E-state index contributed by atoms with van der Waals surface area (Å²) in [6.07, 6.45) is -3.63. The molecular weight excluding hydrogens is 405 g/mol. The molecule has 5 nitrogen and oxygen atoms in total. The molecule has 0 spiro atoms. The Morgan fingerprint density at radius 1 is 1.15 bits per heavy atom. The molecule has 0 heterocycles. The molecular formula is C17H16ClF3N2O3S. The van der Waals surface area contributed by atoms with Gasteiger partial charge >= 0.3 is 6.18 Å². The summed E-state index contributed by atoms with van der Waals surface area (Å²) in [7, 11) is -3.85. The smallest absolute Gasteiger partial charge is 0.324 e. The van der Waals surface area contributed by atoms with Crippen LogP contribution in [0.1, 0.15) is 12.5 Å². The van der Waals surface area contributed by atoms with Crippen LogP contribution >= 0.6 is 11.6 Å². The number of hydrogen-bond acceptors (Lipinski definition) is 3. The molecule has 0 saturated carbocycles. The molecule has 2 aromatic rings. The van der Waals surface area contributed by atoms with Crippen molar-refractivity contribution in [1.82, 2.24) is 0 Å². The van der Waals surface area contributed by atoms with Gasteiger partial charge in [0.25, 0.3) is 0 Å². The van der Waals surface area contributed by atoms with Gasteiger partial charge in [-0.15, -0.1) is 0 Å². The summed E-state index contributed by atoms with van der Waals surface area (Å²) in [5.74, 6) is -0.783. The fourth-order valence-corrected chi connectivity index (χ4v) is 3.72. The third kappa shape index (κ3) is 5.36. The maximum atomic E-state index is 12.8. The zero-order valence-corrected chi connectivity index (χ0v) is 15.9. The standard InChI is InChI=1S/C17H16ClF3N2O3S/c1-11(23(27(2,25)26)15-8-6-13(18)7-9-15)16(24)22-14-5-3-4-12(10-14)17(19,20)21/h3-11H,1-2H3,(H,22,24)/t11-/m1/s1. The van der Waals surface area contributed by atoms with E-state index in [1.807, 2.05) is 0 Å². The van der Waals surface area contributed by atoms with Crippen molar-refractivity contribution in [1.29, 1.82) is 0 Å². The number of hydrogen-bond donors (Lipinski definition) is 1. The highest BCUT2D eigenvalue weighted by atomic mass is 35.5. The predicted octanol–water partition coefficient (Wildman–Crippen LogP) is 4.15. The predicted molar refractivity (Wildman–Crippen MR) is 98.3 cm³/mol. The third-order valence-corrected chi connectivity index (χ3v) is 5.12. The van der Waals surface area contributed by atoms with Crippen molar-refractivity contribution >= 4 is 38.9 Å². The molecule has 146 valence electrons. The van der Waals surface area contributed by atoms with Crippen molar-refractivity contribution in [2.24, 2.45) is 0 Å². The number of rotatable bonds is 5. The van der Waals surface area contributed by atoms with Crippen LogP contribution in [0.15, 0.2) is 48.5 Å². The monoisotopic (exact) mass is 420 g/mol. The van der Waals surface area contributed by atoms with Crippen LogP contribution in [-0.2, 0) is 21.0 Å². The van der Waals surface area contributed by atoms with Crippen LogP contribution in [0.2, 0.25) is 5.02 Å². The first kappa shape index (κ1) is 21.0. The van der Waals surface area contributed by atoms with Gasteiger partial charge in [0, 0.05) is 10.7 Å². The lowest BCUT2D eigenvalue weighted by Gasteiger charge is -2.28. The number of carbonyl (C=O) groups is 1.